The summed E-state index contributed by atoms with van der Waals surface area (Å²) in [6.45, 7) is 4.91. The molecule has 0 saturated heterocycles. The van der Waals surface area contributed by atoms with Gasteiger partial charge in [-0.15, -0.1) is 5.10 Å². The van der Waals surface area contributed by atoms with Crippen molar-refractivity contribution >= 4 is 11.5 Å². The molecule has 0 spiro atoms. The van der Waals surface area contributed by atoms with E-state index in [2.05, 4.69) is 28.9 Å². The van der Waals surface area contributed by atoms with Crippen LogP contribution in [0.4, 0.5) is 5.82 Å². The monoisotopic (exact) mass is 443 g/mol. The van der Waals surface area contributed by atoms with Gasteiger partial charge < -0.3 is 25.1 Å². The first kappa shape index (κ1) is 23.6. The molecule has 1 unspecified atom stereocenters. The predicted octanol–water partition coefficient (Wildman–Crippen LogP) is 3.41. The summed E-state index contributed by atoms with van der Waals surface area (Å²) >= 11 is 0. The van der Waals surface area contributed by atoms with E-state index in [-0.39, 0.29) is 24.5 Å². The highest BCUT2D eigenvalue weighted by Crippen LogP contribution is 2.28. The average Bonchev–Trinajstić information content (AvgIpc) is 3.18. The zero-order valence-electron chi connectivity index (χ0n) is 19.1. The highest BCUT2D eigenvalue weighted by Gasteiger charge is 2.17. The standard InChI is InChI=1S/C23H33N5O4/c1-4-6-12-31-19-9-8-16(20(14-19)30-3)13-17-15-25-22-21(24)26-23(27-28(17)22)32-18(7-5-2)10-11-29/h8-9,14-15,18,29H,4-7,10-13H2,1-3H3,(H2,24,26,27). The first-order chi connectivity index (χ1) is 15.6. The number of imidazole rings is 1. The molecule has 2 heterocycles. The van der Waals surface area contributed by atoms with Crippen LogP contribution in [0.3, 0.4) is 0 Å². The second-order valence-corrected chi connectivity index (χ2v) is 7.66. The Morgan fingerprint density at radius 2 is 2.03 bits per heavy atom. The third-order valence-electron chi connectivity index (χ3n) is 5.17. The van der Waals surface area contributed by atoms with Gasteiger partial charge in [-0.1, -0.05) is 32.8 Å². The SMILES string of the molecule is CCCCOc1ccc(Cc2cnc3c(N)nc(OC(CCC)CCO)nn23)c(OC)c1. The van der Waals surface area contributed by atoms with Crippen molar-refractivity contribution in [1.82, 2.24) is 19.6 Å². The number of hydrogen-bond donors (Lipinski definition) is 2. The lowest BCUT2D eigenvalue weighted by molar-refractivity contribution is 0.133. The number of rotatable bonds is 13. The Kier molecular flexibility index (Phi) is 8.49. The number of aliphatic hydroxyl groups excluding tert-OH is 1. The van der Waals surface area contributed by atoms with E-state index in [1.807, 2.05) is 18.2 Å². The van der Waals surface area contributed by atoms with Crippen LogP contribution in [-0.4, -0.2) is 51.1 Å². The summed E-state index contributed by atoms with van der Waals surface area (Å²) in [4.78, 5) is 8.63. The molecule has 3 N–H and O–H groups in total. The van der Waals surface area contributed by atoms with Gasteiger partial charge in [0.15, 0.2) is 11.5 Å². The lowest BCUT2D eigenvalue weighted by Crippen LogP contribution is -2.20. The van der Waals surface area contributed by atoms with Crippen LogP contribution in [-0.2, 0) is 6.42 Å². The summed E-state index contributed by atoms with van der Waals surface area (Å²) in [5.74, 6) is 1.76. The van der Waals surface area contributed by atoms with E-state index >= 15 is 0 Å². The quantitative estimate of drug-likeness (QED) is 0.386. The number of benzene rings is 1. The molecule has 2 aromatic heterocycles. The summed E-state index contributed by atoms with van der Waals surface area (Å²) < 4.78 is 19.0. The van der Waals surface area contributed by atoms with Gasteiger partial charge in [0.25, 0.3) is 0 Å². The van der Waals surface area contributed by atoms with Gasteiger partial charge in [-0.05, 0) is 18.9 Å². The molecular formula is C23H33N5O4. The van der Waals surface area contributed by atoms with E-state index in [0.717, 1.165) is 48.4 Å². The van der Waals surface area contributed by atoms with Crippen molar-refractivity contribution in [3.05, 3.63) is 35.7 Å². The van der Waals surface area contributed by atoms with Gasteiger partial charge in [-0.3, -0.25) is 0 Å². The van der Waals surface area contributed by atoms with Gasteiger partial charge in [-0.25, -0.2) is 9.50 Å². The molecule has 0 aliphatic rings. The van der Waals surface area contributed by atoms with Gasteiger partial charge in [0.1, 0.15) is 17.6 Å². The molecule has 3 rings (SSSR count). The predicted molar refractivity (Wildman–Crippen MR) is 122 cm³/mol. The van der Waals surface area contributed by atoms with Gasteiger partial charge in [0.2, 0.25) is 0 Å². The van der Waals surface area contributed by atoms with Crippen LogP contribution in [0.1, 0.15) is 57.2 Å². The zero-order chi connectivity index (χ0) is 22.9. The fourth-order valence-electron chi connectivity index (χ4n) is 3.47. The Labute approximate surface area is 188 Å². The summed E-state index contributed by atoms with van der Waals surface area (Å²) in [6, 6.07) is 6.00. The third kappa shape index (κ3) is 5.79. The third-order valence-corrected chi connectivity index (χ3v) is 5.17. The maximum atomic E-state index is 9.29. The fourth-order valence-corrected chi connectivity index (χ4v) is 3.47. The molecule has 0 fully saturated rings. The van der Waals surface area contributed by atoms with Crippen molar-refractivity contribution in [2.45, 2.75) is 58.5 Å². The van der Waals surface area contributed by atoms with Gasteiger partial charge in [0, 0.05) is 31.1 Å². The topological polar surface area (TPSA) is 117 Å². The zero-order valence-corrected chi connectivity index (χ0v) is 19.1. The number of anilines is 1. The largest absolute Gasteiger partial charge is 0.496 e. The second kappa shape index (κ2) is 11.5. The number of nitrogen functional groups attached to an aromatic ring is 1. The van der Waals surface area contributed by atoms with Crippen LogP contribution < -0.4 is 19.9 Å². The molecular weight excluding hydrogens is 410 g/mol. The minimum absolute atomic E-state index is 0.0384. The van der Waals surface area contributed by atoms with Crippen LogP contribution in [0.15, 0.2) is 24.4 Å². The number of nitrogens with zero attached hydrogens (tertiary/aromatic N) is 4. The van der Waals surface area contributed by atoms with Crippen molar-refractivity contribution in [3.8, 4) is 17.5 Å². The molecule has 32 heavy (non-hydrogen) atoms. The molecule has 3 aromatic rings. The summed E-state index contributed by atoms with van der Waals surface area (Å²) in [6.07, 6.45) is 6.41. The number of nitrogens with two attached hydrogens (primary N) is 1. The Balaban J connectivity index is 1.85. The maximum Gasteiger partial charge on any atom is 0.336 e. The minimum Gasteiger partial charge on any atom is -0.496 e. The van der Waals surface area contributed by atoms with Gasteiger partial charge in [-0.2, -0.15) is 4.98 Å². The van der Waals surface area contributed by atoms with E-state index in [0.29, 0.717) is 25.1 Å². The minimum atomic E-state index is -0.172. The molecule has 0 bridgehead atoms. The molecule has 1 aromatic carbocycles. The number of methoxy groups -OCH3 is 1. The van der Waals surface area contributed by atoms with E-state index in [4.69, 9.17) is 19.9 Å². The van der Waals surface area contributed by atoms with Gasteiger partial charge in [0.05, 0.1) is 25.6 Å². The van der Waals surface area contributed by atoms with Crippen molar-refractivity contribution in [2.24, 2.45) is 0 Å². The Hall–Kier alpha value is -3.07. The van der Waals surface area contributed by atoms with Crippen molar-refractivity contribution in [2.75, 3.05) is 26.1 Å². The van der Waals surface area contributed by atoms with Gasteiger partial charge >= 0.3 is 6.01 Å². The Morgan fingerprint density at radius 1 is 1.19 bits per heavy atom. The van der Waals surface area contributed by atoms with Crippen LogP contribution in [0.25, 0.3) is 5.65 Å². The van der Waals surface area contributed by atoms with Crippen LogP contribution >= 0.6 is 0 Å². The number of aromatic nitrogens is 4. The second-order valence-electron chi connectivity index (χ2n) is 7.66. The molecule has 0 aliphatic heterocycles. The van der Waals surface area contributed by atoms with E-state index in [1.54, 1.807) is 17.8 Å². The first-order valence-electron chi connectivity index (χ1n) is 11.2. The average molecular weight is 444 g/mol. The van der Waals surface area contributed by atoms with Crippen LogP contribution in [0.2, 0.25) is 0 Å². The fraction of sp³-hybridized carbons (Fsp3) is 0.522. The van der Waals surface area contributed by atoms with Crippen molar-refractivity contribution in [3.63, 3.8) is 0 Å². The highest BCUT2D eigenvalue weighted by molar-refractivity contribution is 5.60. The molecule has 9 heteroatoms. The van der Waals surface area contributed by atoms with Crippen molar-refractivity contribution in [1.29, 1.82) is 0 Å². The number of hydrogen-bond acceptors (Lipinski definition) is 8. The Morgan fingerprint density at radius 3 is 2.75 bits per heavy atom. The molecule has 0 amide bonds. The molecule has 0 saturated carbocycles. The lowest BCUT2D eigenvalue weighted by atomic mass is 10.1. The molecule has 174 valence electrons. The molecule has 1 atom stereocenters. The summed E-state index contributed by atoms with van der Waals surface area (Å²) in [5, 5.41) is 13.8. The molecule has 0 radical (unpaired) electrons. The number of aliphatic hydroxyl groups is 1. The Bertz CT molecular complexity index is 1000. The molecule has 9 nitrogen and oxygen atoms in total. The number of unbranched alkanes of at least 4 members (excludes halogenated alkanes) is 1. The smallest absolute Gasteiger partial charge is 0.336 e. The highest BCUT2D eigenvalue weighted by atomic mass is 16.5. The van der Waals surface area contributed by atoms with E-state index < -0.39 is 0 Å². The van der Waals surface area contributed by atoms with E-state index in [1.165, 1.54) is 0 Å². The summed E-state index contributed by atoms with van der Waals surface area (Å²) in [5.41, 5.74) is 8.39. The van der Waals surface area contributed by atoms with Crippen LogP contribution in [0.5, 0.6) is 17.5 Å². The first-order valence-corrected chi connectivity index (χ1v) is 11.2. The normalized spacial score (nSPS) is 12.1. The lowest BCUT2D eigenvalue weighted by Gasteiger charge is -2.16. The molecule has 0 aliphatic carbocycles. The maximum absolute atomic E-state index is 9.29. The summed E-state index contributed by atoms with van der Waals surface area (Å²) in [7, 11) is 1.64. The number of fused-ring (bicyclic) bond motifs is 1. The van der Waals surface area contributed by atoms with E-state index in [9.17, 15) is 5.11 Å². The van der Waals surface area contributed by atoms with Crippen LogP contribution in [0, 0.1) is 0 Å². The number of ether oxygens (including phenoxy) is 3. The van der Waals surface area contributed by atoms with Crippen molar-refractivity contribution < 1.29 is 19.3 Å².